The number of unbranched alkanes of at least 4 members (excludes halogenated alkanes) is 1. The lowest BCUT2D eigenvalue weighted by Crippen LogP contribution is -2.29. The second-order valence-electron chi connectivity index (χ2n) is 2.89. The van der Waals surface area contributed by atoms with Crippen molar-refractivity contribution in [3.8, 4) is 0 Å². The van der Waals surface area contributed by atoms with Gasteiger partial charge >= 0.3 is 13.7 Å². The fourth-order valence-corrected chi connectivity index (χ4v) is 1.29. The van der Waals surface area contributed by atoms with E-state index < -0.39 is 19.8 Å². The average molecular weight is 226 g/mol. The molecule has 0 aliphatic heterocycles. The molecule has 0 rings (SSSR count). The van der Waals surface area contributed by atoms with Crippen molar-refractivity contribution in [3.05, 3.63) is 0 Å². The van der Waals surface area contributed by atoms with Crippen LogP contribution in [0.4, 0.5) is 0 Å². The van der Waals surface area contributed by atoms with Crippen molar-refractivity contribution in [2.45, 2.75) is 25.3 Å². The molecule has 8 heteroatoms. The molecule has 0 radical (unpaired) electrons. The van der Waals surface area contributed by atoms with Crippen molar-refractivity contribution < 1.29 is 24.3 Å². The highest BCUT2D eigenvalue weighted by Gasteiger charge is 2.12. The Bertz CT molecular complexity index is 228. The molecule has 6 N–H and O–H groups in total. The molecule has 0 amide bonds. The highest BCUT2D eigenvalue weighted by atomic mass is 31.2. The molecule has 84 valence electrons. The van der Waals surface area contributed by atoms with Crippen LogP contribution in [0.2, 0.25) is 0 Å². The smallest absolute Gasteiger partial charge is 0.400 e. The number of nitrogens with two attached hydrogens (primary N) is 1. The predicted molar refractivity (Wildman–Crippen MR) is 49.5 cm³/mol. The quantitative estimate of drug-likeness (QED) is 0.285. The van der Waals surface area contributed by atoms with Crippen LogP contribution in [0, 0.1) is 0 Å². The molecule has 0 aromatic carbocycles. The minimum Gasteiger partial charge on any atom is -0.480 e. The Kier molecular flexibility index (Phi) is 5.90. The largest absolute Gasteiger partial charge is 0.480 e. The summed E-state index contributed by atoms with van der Waals surface area (Å²) >= 11 is 0. The van der Waals surface area contributed by atoms with Gasteiger partial charge in [-0.1, -0.05) is 6.42 Å². The summed E-state index contributed by atoms with van der Waals surface area (Å²) in [7, 11) is -4.15. The number of hydrogen-bond donors (Lipinski definition) is 5. The van der Waals surface area contributed by atoms with Gasteiger partial charge in [-0.3, -0.25) is 4.79 Å². The zero-order valence-corrected chi connectivity index (χ0v) is 8.48. The van der Waals surface area contributed by atoms with Gasteiger partial charge in [0.1, 0.15) is 6.04 Å². The molecule has 1 atom stereocenters. The Balaban J connectivity index is 3.39. The van der Waals surface area contributed by atoms with Gasteiger partial charge in [-0.25, -0.2) is 9.65 Å². The van der Waals surface area contributed by atoms with Gasteiger partial charge in [-0.2, -0.15) is 0 Å². The molecule has 0 saturated carbocycles. The van der Waals surface area contributed by atoms with Gasteiger partial charge in [0, 0.05) is 6.54 Å². The molecular weight excluding hydrogens is 211 g/mol. The molecule has 0 aromatic heterocycles. The second-order valence-corrected chi connectivity index (χ2v) is 4.30. The van der Waals surface area contributed by atoms with Gasteiger partial charge in [0.2, 0.25) is 0 Å². The molecule has 0 heterocycles. The minimum atomic E-state index is -4.15. The zero-order valence-electron chi connectivity index (χ0n) is 7.59. The number of carbonyl (C=O) groups is 1. The van der Waals surface area contributed by atoms with Crippen molar-refractivity contribution >= 4 is 13.7 Å². The summed E-state index contributed by atoms with van der Waals surface area (Å²) in [6, 6.07) is -0.898. The molecule has 7 nitrogen and oxygen atoms in total. The number of nitrogens with one attached hydrogen (secondary N) is 1. The van der Waals surface area contributed by atoms with Crippen molar-refractivity contribution in [2.75, 3.05) is 6.54 Å². The summed E-state index contributed by atoms with van der Waals surface area (Å²) in [5.74, 6) is -1.06. The van der Waals surface area contributed by atoms with Crippen LogP contribution in [-0.2, 0) is 9.36 Å². The van der Waals surface area contributed by atoms with Gasteiger partial charge in [0.05, 0.1) is 0 Å². The fraction of sp³-hybridized carbons (Fsp3) is 0.833. The van der Waals surface area contributed by atoms with E-state index in [2.05, 4.69) is 0 Å². The van der Waals surface area contributed by atoms with Gasteiger partial charge in [0.15, 0.2) is 0 Å². The van der Waals surface area contributed by atoms with E-state index in [4.69, 9.17) is 20.6 Å². The first-order valence-corrected chi connectivity index (χ1v) is 5.73. The fourth-order valence-electron chi connectivity index (χ4n) is 0.837. The standard InChI is InChI=1S/C6H15N2O5P/c7-5(6(9)10)3-1-2-4-8-14(11,12)13/h5H,1-4,7H2,(H,9,10)(H3,8,11,12,13)/t5-/m0/s1. The van der Waals surface area contributed by atoms with Crippen LogP contribution in [0.15, 0.2) is 0 Å². The first-order chi connectivity index (χ1) is 6.33. The van der Waals surface area contributed by atoms with Crippen molar-refractivity contribution in [1.82, 2.24) is 5.09 Å². The SMILES string of the molecule is N[C@@H](CCCCNP(=O)(O)O)C(=O)O. The molecule has 0 saturated heterocycles. The summed E-state index contributed by atoms with van der Waals surface area (Å²) in [5, 5.41) is 10.4. The molecule has 0 unspecified atom stereocenters. The third-order valence-corrected chi connectivity index (χ3v) is 2.21. The highest BCUT2D eigenvalue weighted by molar-refractivity contribution is 7.49. The van der Waals surface area contributed by atoms with Gasteiger partial charge in [0.25, 0.3) is 0 Å². The highest BCUT2D eigenvalue weighted by Crippen LogP contribution is 2.27. The first-order valence-electron chi connectivity index (χ1n) is 4.12. The summed E-state index contributed by atoms with van der Waals surface area (Å²) in [6.45, 7) is 0.149. The number of hydrogen-bond acceptors (Lipinski definition) is 3. The van der Waals surface area contributed by atoms with E-state index in [1.54, 1.807) is 0 Å². The Labute approximate surface area is 81.5 Å². The zero-order chi connectivity index (χ0) is 11.2. The molecule has 0 fully saturated rings. The van der Waals surface area contributed by atoms with Crippen LogP contribution in [-0.4, -0.2) is 33.4 Å². The van der Waals surface area contributed by atoms with Crippen molar-refractivity contribution in [3.63, 3.8) is 0 Å². The Hall–Kier alpha value is -0.460. The van der Waals surface area contributed by atoms with Gasteiger partial charge in [-0.05, 0) is 12.8 Å². The number of carboxylic acids is 1. The number of rotatable bonds is 7. The van der Waals surface area contributed by atoms with E-state index in [0.717, 1.165) is 0 Å². The first kappa shape index (κ1) is 13.5. The maximum atomic E-state index is 10.3. The van der Waals surface area contributed by atoms with Crippen LogP contribution in [0.25, 0.3) is 0 Å². The Morgan fingerprint density at radius 2 is 2.00 bits per heavy atom. The van der Waals surface area contributed by atoms with E-state index >= 15 is 0 Å². The third kappa shape index (κ3) is 8.15. The van der Waals surface area contributed by atoms with Crippen LogP contribution in [0.1, 0.15) is 19.3 Å². The topological polar surface area (TPSA) is 133 Å². The maximum Gasteiger partial charge on any atom is 0.400 e. The second kappa shape index (κ2) is 6.10. The summed E-state index contributed by atoms with van der Waals surface area (Å²) in [6.07, 6.45) is 1.30. The molecule has 0 aliphatic carbocycles. The van der Waals surface area contributed by atoms with Crippen LogP contribution >= 0.6 is 7.75 Å². The van der Waals surface area contributed by atoms with E-state index in [-0.39, 0.29) is 6.54 Å². The van der Waals surface area contributed by atoms with Crippen LogP contribution in [0.5, 0.6) is 0 Å². The summed E-state index contributed by atoms with van der Waals surface area (Å²) in [4.78, 5) is 27.0. The number of carboxylic acid groups (broad SMARTS) is 1. The van der Waals surface area contributed by atoms with Crippen LogP contribution < -0.4 is 10.8 Å². The predicted octanol–water partition coefficient (Wildman–Crippen LogP) is -0.749. The van der Waals surface area contributed by atoms with E-state index in [9.17, 15) is 9.36 Å². The normalized spacial score (nSPS) is 13.9. The third-order valence-electron chi connectivity index (χ3n) is 1.58. The van der Waals surface area contributed by atoms with Gasteiger partial charge < -0.3 is 20.6 Å². The van der Waals surface area contributed by atoms with Crippen LogP contribution in [0.3, 0.4) is 0 Å². The monoisotopic (exact) mass is 226 g/mol. The van der Waals surface area contributed by atoms with E-state index in [0.29, 0.717) is 19.3 Å². The molecule has 0 aromatic rings. The number of aliphatic carboxylic acids is 1. The van der Waals surface area contributed by atoms with Crippen molar-refractivity contribution in [2.24, 2.45) is 5.73 Å². The lowest BCUT2D eigenvalue weighted by atomic mass is 10.1. The molecular formula is C6H15N2O5P. The summed E-state index contributed by atoms with van der Waals surface area (Å²) in [5.41, 5.74) is 5.21. The Morgan fingerprint density at radius 3 is 2.43 bits per heavy atom. The lowest BCUT2D eigenvalue weighted by Gasteiger charge is -2.07. The lowest BCUT2D eigenvalue weighted by molar-refractivity contribution is -0.138. The molecule has 0 spiro atoms. The van der Waals surface area contributed by atoms with Gasteiger partial charge in [-0.15, -0.1) is 0 Å². The van der Waals surface area contributed by atoms with Crippen molar-refractivity contribution in [1.29, 1.82) is 0 Å². The maximum absolute atomic E-state index is 10.3. The minimum absolute atomic E-state index is 0.149. The van der Waals surface area contributed by atoms with E-state index in [1.807, 2.05) is 5.09 Å². The molecule has 0 bridgehead atoms. The molecule has 14 heavy (non-hydrogen) atoms. The van der Waals surface area contributed by atoms with E-state index in [1.165, 1.54) is 0 Å². The Morgan fingerprint density at radius 1 is 1.43 bits per heavy atom. The molecule has 0 aliphatic rings. The average Bonchev–Trinajstić information content (AvgIpc) is 2.01. The summed E-state index contributed by atoms with van der Waals surface area (Å²) < 4.78 is 10.3.